The van der Waals surface area contributed by atoms with Gasteiger partial charge in [0, 0.05) is 16.8 Å². The lowest BCUT2D eigenvalue weighted by atomic mass is 9.81. The van der Waals surface area contributed by atoms with Crippen molar-refractivity contribution < 1.29 is 9.59 Å². The van der Waals surface area contributed by atoms with E-state index in [-0.39, 0.29) is 17.3 Å². The van der Waals surface area contributed by atoms with E-state index in [0.717, 1.165) is 11.3 Å². The first-order chi connectivity index (χ1) is 13.5. The van der Waals surface area contributed by atoms with Gasteiger partial charge in [-0.3, -0.25) is 9.59 Å². The molecule has 1 atom stereocenters. The molecule has 140 valence electrons. The summed E-state index contributed by atoms with van der Waals surface area (Å²) in [5.41, 5.74) is 3.29. The number of benzene rings is 2. The highest BCUT2D eigenvalue weighted by atomic mass is 32.2. The largest absolute Gasteiger partial charge is 0.353 e. The molecule has 0 bridgehead atoms. The summed E-state index contributed by atoms with van der Waals surface area (Å²) in [6, 6.07) is 20.9. The summed E-state index contributed by atoms with van der Waals surface area (Å²) >= 11 is 1.30. The molecule has 2 aromatic rings. The van der Waals surface area contributed by atoms with E-state index in [0.29, 0.717) is 21.7 Å². The maximum absolute atomic E-state index is 12.5. The van der Waals surface area contributed by atoms with Gasteiger partial charge in [-0.15, -0.1) is 0 Å². The molecule has 1 aliphatic rings. The van der Waals surface area contributed by atoms with Crippen LogP contribution >= 0.6 is 11.8 Å². The Kier molecular flexibility index (Phi) is 6.13. The summed E-state index contributed by atoms with van der Waals surface area (Å²) in [5.74, 6) is -0.301. The lowest BCUT2D eigenvalue weighted by molar-refractivity contribution is -0.113. The lowest BCUT2D eigenvalue weighted by Crippen LogP contribution is -2.27. The number of allylic oxidation sites excluding steroid dienone is 3. The van der Waals surface area contributed by atoms with Crippen molar-refractivity contribution in [3.05, 3.63) is 93.7 Å². The third-order valence-corrected chi connectivity index (χ3v) is 5.62. The van der Waals surface area contributed by atoms with Gasteiger partial charge in [0.15, 0.2) is 11.6 Å². The van der Waals surface area contributed by atoms with E-state index in [1.54, 1.807) is 12.1 Å². The number of dihydropyridines is 1. The molecule has 0 aliphatic carbocycles. The Hall–Kier alpha value is -3.10. The molecule has 0 radical (unpaired) electrons. The maximum Gasteiger partial charge on any atom is 0.173 e. The molecule has 0 spiro atoms. The Morgan fingerprint density at radius 1 is 1.07 bits per heavy atom. The van der Waals surface area contributed by atoms with Gasteiger partial charge in [-0.1, -0.05) is 72.4 Å². The highest BCUT2D eigenvalue weighted by Gasteiger charge is 2.33. The zero-order valence-corrected chi connectivity index (χ0v) is 16.5. The molecular formula is C23H20N2O2S. The molecule has 3 rings (SSSR count). The van der Waals surface area contributed by atoms with E-state index in [1.807, 2.05) is 55.5 Å². The highest BCUT2D eigenvalue weighted by Crippen LogP contribution is 2.40. The van der Waals surface area contributed by atoms with Crippen LogP contribution in [0.5, 0.6) is 0 Å². The number of nitrogens with one attached hydrogen (secondary N) is 1. The van der Waals surface area contributed by atoms with Gasteiger partial charge < -0.3 is 5.32 Å². The fourth-order valence-corrected chi connectivity index (χ4v) is 4.30. The third kappa shape index (κ3) is 4.08. The monoisotopic (exact) mass is 388 g/mol. The Morgan fingerprint density at radius 3 is 2.25 bits per heavy atom. The van der Waals surface area contributed by atoms with E-state index in [2.05, 4.69) is 11.4 Å². The van der Waals surface area contributed by atoms with Crippen LogP contribution in [0, 0.1) is 11.3 Å². The van der Waals surface area contributed by atoms with Crippen LogP contribution in [0.2, 0.25) is 0 Å². The van der Waals surface area contributed by atoms with Gasteiger partial charge in [0.2, 0.25) is 0 Å². The molecule has 2 aromatic carbocycles. The number of rotatable bonds is 6. The average Bonchev–Trinajstić information content (AvgIpc) is 2.72. The number of Topliss-reactive ketones (excluding diaryl/α,β-unsaturated/α-hetero) is 2. The molecule has 1 heterocycles. The summed E-state index contributed by atoms with van der Waals surface area (Å²) in [7, 11) is 0. The first-order valence-electron chi connectivity index (χ1n) is 8.92. The standard InChI is InChI=1S/C23H20N2O2S/c1-15-21(16(2)26)22(18-11-7-4-8-12-18)19(13-24)23(25-15)28-14-20(27)17-9-5-3-6-10-17/h3-12,22,25H,14H2,1-2H3. The van der Waals surface area contributed by atoms with Gasteiger partial charge in [-0.05, 0) is 19.4 Å². The van der Waals surface area contributed by atoms with E-state index >= 15 is 0 Å². The molecule has 4 nitrogen and oxygen atoms in total. The molecule has 5 heteroatoms. The SMILES string of the molecule is CC(=O)C1=C(C)NC(SCC(=O)c2ccccc2)=C(C#N)C1c1ccccc1. The van der Waals surface area contributed by atoms with Crippen LogP contribution in [0.15, 0.2) is 82.5 Å². The van der Waals surface area contributed by atoms with Crippen LogP contribution in [0.3, 0.4) is 0 Å². The number of thioether (sulfide) groups is 1. The summed E-state index contributed by atoms with van der Waals surface area (Å²) in [6.45, 7) is 3.35. The Balaban J connectivity index is 1.95. The first-order valence-corrected chi connectivity index (χ1v) is 9.90. The first kappa shape index (κ1) is 19.7. The number of nitriles is 1. The Bertz CT molecular complexity index is 1000. The van der Waals surface area contributed by atoms with E-state index in [9.17, 15) is 14.9 Å². The zero-order chi connectivity index (χ0) is 20.1. The molecule has 1 aliphatic heterocycles. The number of carbonyl (C=O) groups excluding carboxylic acids is 2. The smallest absolute Gasteiger partial charge is 0.173 e. The number of hydrogen-bond donors (Lipinski definition) is 1. The predicted molar refractivity (Wildman–Crippen MR) is 112 cm³/mol. The number of ketones is 2. The third-order valence-electron chi connectivity index (χ3n) is 4.60. The van der Waals surface area contributed by atoms with Gasteiger partial charge in [-0.2, -0.15) is 5.26 Å². The van der Waals surface area contributed by atoms with Crippen molar-refractivity contribution in [2.45, 2.75) is 19.8 Å². The van der Waals surface area contributed by atoms with E-state index in [4.69, 9.17) is 0 Å². The van der Waals surface area contributed by atoms with Crippen LogP contribution < -0.4 is 5.32 Å². The number of hydrogen-bond acceptors (Lipinski definition) is 5. The van der Waals surface area contributed by atoms with Crippen molar-refractivity contribution in [2.24, 2.45) is 0 Å². The summed E-state index contributed by atoms with van der Waals surface area (Å²) < 4.78 is 0. The minimum Gasteiger partial charge on any atom is -0.353 e. The molecule has 0 saturated carbocycles. The Labute approximate surface area is 169 Å². The van der Waals surface area contributed by atoms with Crippen LogP contribution in [-0.4, -0.2) is 17.3 Å². The molecular weight excluding hydrogens is 368 g/mol. The van der Waals surface area contributed by atoms with Crippen LogP contribution in [0.25, 0.3) is 0 Å². The van der Waals surface area contributed by atoms with Gasteiger partial charge in [0.25, 0.3) is 0 Å². The highest BCUT2D eigenvalue weighted by molar-refractivity contribution is 8.03. The average molecular weight is 388 g/mol. The number of carbonyl (C=O) groups is 2. The lowest BCUT2D eigenvalue weighted by Gasteiger charge is -2.29. The van der Waals surface area contributed by atoms with Crippen molar-refractivity contribution in [2.75, 3.05) is 5.75 Å². The van der Waals surface area contributed by atoms with Crippen molar-refractivity contribution in [3.8, 4) is 6.07 Å². The maximum atomic E-state index is 12.5. The molecule has 1 N–H and O–H groups in total. The Morgan fingerprint density at radius 2 is 1.68 bits per heavy atom. The minimum atomic E-state index is -0.431. The van der Waals surface area contributed by atoms with Crippen LogP contribution in [-0.2, 0) is 4.79 Å². The molecule has 0 amide bonds. The van der Waals surface area contributed by atoms with Crippen LogP contribution in [0.1, 0.15) is 35.7 Å². The summed E-state index contributed by atoms with van der Waals surface area (Å²) in [4.78, 5) is 24.8. The van der Waals surface area contributed by atoms with Crippen molar-refractivity contribution in [1.82, 2.24) is 5.32 Å². The second-order valence-corrected chi connectivity index (χ2v) is 7.48. The predicted octanol–water partition coefficient (Wildman–Crippen LogP) is 4.59. The number of nitrogens with zero attached hydrogens (tertiary/aromatic N) is 1. The van der Waals surface area contributed by atoms with Gasteiger partial charge in [-0.25, -0.2) is 0 Å². The van der Waals surface area contributed by atoms with E-state index in [1.165, 1.54) is 18.7 Å². The fourth-order valence-electron chi connectivity index (χ4n) is 3.32. The van der Waals surface area contributed by atoms with Crippen LogP contribution in [0.4, 0.5) is 0 Å². The quantitative estimate of drug-likeness (QED) is 0.733. The topological polar surface area (TPSA) is 70.0 Å². The van der Waals surface area contributed by atoms with Gasteiger partial charge in [0.05, 0.1) is 28.3 Å². The summed E-state index contributed by atoms with van der Waals surface area (Å²) in [5, 5.41) is 13.7. The molecule has 28 heavy (non-hydrogen) atoms. The molecule has 1 unspecified atom stereocenters. The van der Waals surface area contributed by atoms with Gasteiger partial charge in [0.1, 0.15) is 0 Å². The van der Waals surface area contributed by atoms with Crippen molar-refractivity contribution in [3.63, 3.8) is 0 Å². The van der Waals surface area contributed by atoms with Crippen molar-refractivity contribution >= 4 is 23.3 Å². The van der Waals surface area contributed by atoms with E-state index < -0.39 is 5.92 Å². The molecule has 0 saturated heterocycles. The fraction of sp³-hybridized carbons (Fsp3) is 0.174. The van der Waals surface area contributed by atoms with Gasteiger partial charge >= 0.3 is 0 Å². The molecule has 0 fully saturated rings. The van der Waals surface area contributed by atoms with Crippen molar-refractivity contribution in [1.29, 1.82) is 5.26 Å². The zero-order valence-electron chi connectivity index (χ0n) is 15.7. The minimum absolute atomic E-state index is 0.00699. The second kappa shape index (κ2) is 8.73. The normalized spacial score (nSPS) is 16.4. The second-order valence-electron chi connectivity index (χ2n) is 6.50. The molecule has 0 aromatic heterocycles. The summed E-state index contributed by atoms with van der Waals surface area (Å²) in [6.07, 6.45) is 0.